The second-order valence-electron chi connectivity index (χ2n) is 4.21. The molecule has 1 heterocycles. The molecular weight excluding hydrogens is 294 g/mol. The van der Waals surface area contributed by atoms with Crippen LogP contribution in [0.3, 0.4) is 0 Å². The number of hydrogen-bond acceptors (Lipinski definition) is 2. The minimum Gasteiger partial charge on any atom is -0.321 e. The second-order valence-corrected chi connectivity index (χ2v) is 5.07. The van der Waals surface area contributed by atoms with Crippen molar-refractivity contribution in [2.24, 2.45) is 7.05 Å². The summed E-state index contributed by atoms with van der Waals surface area (Å²) in [6.45, 7) is 3.91. The molecule has 0 saturated heterocycles. The molecule has 0 bridgehead atoms. The molecule has 5 heteroatoms. The van der Waals surface area contributed by atoms with Gasteiger partial charge in [-0.3, -0.25) is 9.48 Å². The zero-order valence-electron chi connectivity index (χ0n) is 10.5. The number of carbonyl (C=O) groups is 1. The molecule has 18 heavy (non-hydrogen) atoms. The number of carbonyl (C=O) groups excluding carboxylic acids is 1. The third-order valence-electron chi connectivity index (χ3n) is 2.78. The van der Waals surface area contributed by atoms with Gasteiger partial charge in [-0.2, -0.15) is 5.10 Å². The first kappa shape index (κ1) is 12.8. The van der Waals surface area contributed by atoms with Gasteiger partial charge in [0.1, 0.15) is 0 Å². The van der Waals surface area contributed by atoms with Crippen molar-refractivity contribution in [1.29, 1.82) is 0 Å². The van der Waals surface area contributed by atoms with E-state index in [0.29, 0.717) is 5.69 Å². The lowest BCUT2D eigenvalue weighted by Crippen LogP contribution is -2.13. The summed E-state index contributed by atoms with van der Waals surface area (Å²) < 4.78 is 2.65. The maximum Gasteiger partial charge on any atom is 0.276 e. The van der Waals surface area contributed by atoms with E-state index < -0.39 is 0 Å². The third-order valence-corrected chi connectivity index (χ3v) is 3.63. The Labute approximate surface area is 114 Å². The monoisotopic (exact) mass is 307 g/mol. The van der Waals surface area contributed by atoms with Crippen LogP contribution in [0.1, 0.15) is 21.7 Å². The van der Waals surface area contributed by atoms with E-state index in [4.69, 9.17) is 0 Å². The molecule has 0 atom stereocenters. The van der Waals surface area contributed by atoms with Crippen molar-refractivity contribution < 1.29 is 4.79 Å². The Morgan fingerprint density at radius 2 is 2.06 bits per heavy atom. The fourth-order valence-electron chi connectivity index (χ4n) is 1.54. The van der Waals surface area contributed by atoms with Gasteiger partial charge in [0.05, 0.1) is 0 Å². The molecule has 0 radical (unpaired) electrons. The van der Waals surface area contributed by atoms with Crippen molar-refractivity contribution >= 4 is 27.5 Å². The summed E-state index contributed by atoms with van der Waals surface area (Å²) in [5.74, 6) is -0.200. The van der Waals surface area contributed by atoms with Crippen LogP contribution in [0.15, 0.2) is 28.7 Å². The Hall–Kier alpha value is -1.62. The van der Waals surface area contributed by atoms with Crippen LogP contribution in [-0.2, 0) is 7.05 Å². The lowest BCUT2D eigenvalue weighted by Gasteiger charge is -2.05. The summed E-state index contributed by atoms with van der Waals surface area (Å²) in [5.41, 5.74) is 3.25. The second kappa shape index (κ2) is 4.94. The van der Waals surface area contributed by atoms with E-state index in [1.54, 1.807) is 10.7 Å². The average Bonchev–Trinajstić information content (AvgIpc) is 2.65. The Bertz CT molecular complexity index is 585. The molecule has 0 spiro atoms. The molecule has 0 aliphatic carbocycles. The van der Waals surface area contributed by atoms with Gasteiger partial charge in [-0.05, 0) is 37.6 Å². The van der Waals surface area contributed by atoms with Gasteiger partial charge in [0.15, 0.2) is 5.69 Å². The molecule has 0 aliphatic heterocycles. The number of nitrogens with zero attached hydrogens (tertiary/aromatic N) is 2. The molecule has 1 amide bonds. The SMILES string of the molecule is Cc1ccc(NC(=O)c2cc(C)n(C)n2)cc1Br. The Kier molecular flexibility index (Phi) is 3.52. The van der Waals surface area contributed by atoms with E-state index in [0.717, 1.165) is 21.4 Å². The summed E-state index contributed by atoms with van der Waals surface area (Å²) >= 11 is 3.44. The van der Waals surface area contributed by atoms with Crippen LogP contribution in [-0.4, -0.2) is 15.7 Å². The smallest absolute Gasteiger partial charge is 0.276 e. The molecule has 2 aromatic rings. The summed E-state index contributed by atoms with van der Waals surface area (Å²) in [7, 11) is 1.81. The molecule has 0 fully saturated rings. The number of anilines is 1. The van der Waals surface area contributed by atoms with Crippen LogP contribution in [0.25, 0.3) is 0 Å². The normalized spacial score (nSPS) is 10.4. The van der Waals surface area contributed by atoms with Crippen LogP contribution in [0.4, 0.5) is 5.69 Å². The fraction of sp³-hybridized carbons (Fsp3) is 0.231. The van der Waals surface area contributed by atoms with E-state index in [1.807, 2.05) is 39.1 Å². The zero-order valence-corrected chi connectivity index (χ0v) is 12.1. The largest absolute Gasteiger partial charge is 0.321 e. The van der Waals surface area contributed by atoms with Crippen molar-refractivity contribution in [3.05, 3.63) is 45.7 Å². The summed E-state index contributed by atoms with van der Waals surface area (Å²) in [6, 6.07) is 7.46. The van der Waals surface area contributed by atoms with Gasteiger partial charge in [-0.1, -0.05) is 22.0 Å². The Balaban J connectivity index is 2.18. The topological polar surface area (TPSA) is 46.9 Å². The van der Waals surface area contributed by atoms with Crippen molar-refractivity contribution in [2.45, 2.75) is 13.8 Å². The highest BCUT2D eigenvalue weighted by molar-refractivity contribution is 9.10. The number of hydrogen-bond donors (Lipinski definition) is 1. The summed E-state index contributed by atoms with van der Waals surface area (Å²) in [6.07, 6.45) is 0. The zero-order chi connectivity index (χ0) is 13.3. The number of aromatic nitrogens is 2. The fourth-order valence-corrected chi connectivity index (χ4v) is 1.92. The van der Waals surface area contributed by atoms with Crippen molar-refractivity contribution in [3.63, 3.8) is 0 Å². The number of halogens is 1. The first-order valence-corrected chi connectivity index (χ1v) is 6.35. The van der Waals surface area contributed by atoms with Crippen molar-refractivity contribution in [2.75, 3.05) is 5.32 Å². The van der Waals surface area contributed by atoms with Crippen LogP contribution >= 0.6 is 15.9 Å². The third kappa shape index (κ3) is 2.61. The van der Waals surface area contributed by atoms with Gasteiger partial charge in [0.2, 0.25) is 0 Å². The van der Waals surface area contributed by atoms with Gasteiger partial charge in [-0.15, -0.1) is 0 Å². The summed E-state index contributed by atoms with van der Waals surface area (Å²) in [5, 5.41) is 6.96. The van der Waals surface area contributed by atoms with E-state index in [-0.39, 0.29) is 5.91 Å². The van der Waals surface area contributed by atoms with E-state index in [9.17, 15) is 4.79 Å². The van der Waals surface area contributed by atoms with Gasteiger partial charge in [0.25, 0.3) is 5.91 Å². The Morgan fingerprint density at radius 3 is 2.61 bits per heavy atom. The standard InChI is InChI=1S/C13H14BrN3O/c1-8-4-5-10(7-11(8)14)15-13(18)12-6-9(2)17(3)16-12/h4-7H,1-3H3,(H,15,18). The first-order valence-electron chi connectivity index (χ1n) is 5.55. The number of amides is 1. The molecule has 1 N–H and O–H groups in total. The minimum atomic E-state index is -0.200. The molecule has 0 unspecified atom stereocenters. The highest BCUT2D eigenvalue weighted by atomic mass is 79.9. The van der Waals surface area contributed by atoms with Gasteiger partial charge in [-0.25, -0.2) is 0 Å². The maximum absolute atomic E-state index is 12.0. The van der Waals surface area contributed by atoms with Crippen molar-refractivity contribution in [1.82, 2.24) is 9.78 Å². The predicted molar refractivity (Wildman–Crippen MR) is 74.8 cm³/mol. The van der Waals surface area contributed by atoms with E-state index >= 15 is 0 Å². The summed E-state index contributed by atoms with van der Waals surface area (Å²) in [4.78, 5) is 12.0. The first-order chi connectivity index (χ1) is 8.47. The molecular formula is C13H14BrN3O. The quantitative estimate of drug-likeness (QED) is 0.927. The molecule has 1 aromatic carbocycles. The molecule has 1 aromatic heterocycles. The lowest BCUT2D eigenvalue weighted by molar-refractivity contribution is 0.102. The number of benzene rings is 1. The van der Waals surface area contributed by atoms with Gasteiger partial charge < -0.3 is 5.32 Å². The van der Waals surface area contributed by atoms with Crippen LogP contribution in [0.2, 0.25) is 0 Å². The molecule has 0 saturated carbocycles. The average molecular weight is 308 g/mol. The van der Waals surface area contributed by atoms with Gasteiger partial charge >= 0.3 is 0 Å². The van der Waals surface area contributed by atoms with Crippen molar-refractivity contribution in [3.8, 4) is 0 Å². The molecule has 0 aliphatic rings. The highest BCUT2D eigenvalue weighted by Crippen LogP contribution is 2.21. The molecule has 94 valence electrons. The predicted octanol–water partition coefficient (Wildman–Crippen LogP) is 3.05. The number of rotatable bonds is 2. The highest BCUT2D eigenvalue weighted by Gasteiger charge is 2.11. The number of nitrogens with one attached hydrogen (secondary N) is 1. The lowest BCUT2D eigenvalue weighted by atomic mass is 10.2. The van der Waals surface area contributed by atoms with Gasteiger partial charge in [0, 0.05) is 22.9 Å². The Morgan fingerprint density at radius 1 is 1.33 bits per heavy atom. The van der Waals surface area contributed by atoms with E-state index in [2.05, 4.69) is 26.3 Å². The van der Waals surface area contributed by atoms with E-state index in [1.165, 1.54) is 0 Å². The maximum atomic E-state index is 12.0. The molecule has 2 rings (SSSR count). The molecule has 4 nitrogen and oxygen atoms in total. The number of aryl methyl sites for hydroxylation is 3. The van der Waals surface area contributed by atoms with Crippen LogP contribution < -0.4 is 5.32 Å². The minimum absolute atomic E-state index is 0.200. The van der Waals surface area contributed by atoms with Crippen LogP contribution in [0, 0.1) is 13.8 Å². The van der Waals surface area contributed by atoms with Crippen LogP contribution in [0.5, 0.6) is 0 Å².